The Bertz CT molecular complexity index is 604. The van der Waals surface area contributed by atoms with Crippen LogP contribution in [0.3, 0.4) is 0 Å². The fraction of sp³-hybridized carbons (Fsp3) is 0.133. The fourth-order valence-corrected chi connectivity index (χ4v) is 2.17. The van der Waals surface area contributed by atoms with Crippen molar-refractivity contribution in [2.24, 2.45) is 0 Å². The highest BCUT2D eigenvalue weighted by Gasteiger charge is 2.48. The number of benzene rings is 1. The Hall–Kier alpha value is -2.20. The number of aliphatic hydroxyl groups is 1. The second kappa shape index (κ2) is 4.82. The first-order valence-electron chi connectivity index (χ1n) is 5.84. The second-order valence-corrected chi connectivity index (χ2v) is 4.18. The van der Waals surface area contributed by atoms with Gasteiger partial charge in [-0.25, -0.2) is 4.39 Å². The minimum atomic E-state index is -1.89. The van der Waals surface area contributed by atoms with Gasteiger partial charge >= 0.3 is 0 Å². The van der Waals surface area contributed by atoms with Gasteiger partial charge in [0.2, 0.25) is 0 Å². The lowest BCUT2D eigenvalue weighted by Crippen LogP contribution is -2.35. The molecule has 1 amide bonds. The summed E-state index contributed by atoms with van der Waals surface area (Å²) >= 11 is 0. The molecule has 0 spiro atoms. The third-order valence-electron chi connectivity index (χ3n) is 3.03. The van der Waals surface area contributed by atoms with Crippen molar-refractivity contribution in [3.8, 4) is 0 Å². The molecule has 0 aliphatic carbocycles. The van der Waals surface area contributed by atoms with Gasteiger partial charge < -0.3 is 10.4 Å². The molecule has 3 nitrogen and oxygen atoms in total. The van der Waals surface area contributed by atoms with Gasteiger partial charge in [-0.15, -0.1) is 0 Å². The van der Waals surface area contributed by atoms with Crippen molar-refractivity contribution < 1.29 is 14.3 Å². The monoisotopic (exact) mass is 259 g/mol. The molecule has 0 saturated carbocycles. The Morgan fingerprint density at radius 2 is 2.26 bits per heavy atom. The summed E-state index contributed by atoms with van der Waals surface area (Å²) in [7, 11) is 0. The van der Waals surface area contributed by atoms with E-state index in [1.54, 1.807) is 19.1 Å². The third kappa shape index (κ3) is 1.90. The van der Waals surface area contributed by atoms with Gasteiger partial charge in [0, 0.05) is 5.56 Å². The van der Waals surface area contributed by atoms with Gasteiger partial charge in [0.25, 0.3) is 5.91 Å². The van der Waals surface area contributed by atoms with Gasteiger partial charge in [0.05, 0.1) is 5.69 Å². The van der Waals surface area contributed by atoms with E-state index in [-0.39, 0.29) is 11.3 Å². The molecule has 2 N–H and O–H groups in total. The van der Waals surface area contributed by atoms with Crippen LogP contribution < -0.4 is 5.32 Å². The van der Waals surface area contributed by atoms with Gasteiger partial charge in [-0.3, -0.25) is 4.79 Å². The zero-order valence-corrected chi connectivity index (χ0v) is 10.5. The first kappa shape index (κ1) is 13.2. The SMILES string of the molecule is C=C/C=C(\C=C/C)C1(O)C(=O)Nc2c(F)cccc21. The highest BCUT2D eigenvalue weighted by Crippen LogP contribution is 2.42. The number of fused-ring (bicyclic) bond motifs is 1. The van der Waals surface area contributed by atoms with E-state index in [9.17, 15) is 14.3 Å². The van der Waals surface area contributed by atoms with Crippen LogP contribution in [0.5, 0.6) is 0 Å². The second-order valence-electron chi connectivity index (χ2n) is 4.18. The van der Waals surface area contributed by atoms with Crippen LogP contribution >= 0.6 is 0 Å². The van der Waals surface area contributed by atoms with E-state index < -0.39 is 17.3 Å². The summed E-state index contributed by atoms with van der Waals surface area (Å²) < 4.78 is 13.7. The van der Waals surface area contributed by atoms with Crippen LogP contribution in [-0.2, 0) is 10.4 Å². The molecule has 98 valence electrons. The first-order valence-corrected chi connectivity index (χ1v) is 5.84. The topological polar surface area (TPSA) is 49.3 Å². The summed E-state index contributed by atoms with van der Waals surface area (Å²) in [5.41, 5.74) is -1.32. The average Bonchev–Trinajstić information content (AvgIpc) is 2.65. The van der Waals surface area contributed by atoms with Crippen molar-refractivity contribution in [3.63, 3.8) is 0 Å². The molecule has 1 aliphatic rings. The molecular weight excluding hydrogens is 245 g/mol. The Morgan fingerprint density at radius 1 is 1.53 bits per heavy atom. The van der Waals surface area contributed by atoms with E-state index >= 15 is 0 Å². The quantitative estimate of drug-likeness (QED) is 0.820. The predicted molar refractivity (Wildman–Crippen MR) is 72.0 cm³/mol. The third-order valence-corrected chi connectivity index (χ3v) is 3.03. The zero-order chi connectivity index (χ0) is 14.0. The number of hydrogen-bond donors (Lipinski definition) is 2. The number of amides is 1. The molecule has 19 heavy (non-hydrogen) atoms. The van der Waals surface area contributed by atoms with Crippen LogP contribution in [0.25, 0.3) is 0 Å². The lowest BCUT2D eigenvalue weighted by atomic mass is 9.86. The molecule has 0 radical (unpaired) electrons. The number of allylic oxidation sites excluding steroid dienone is 3. The maximum atomic E-state index is 13.7. The van der Waals surface area contributed by atoms with Gasteiger partial charge in [0.15, 0.2) is 5.60 Å². The number of anilines is 1. The van der Waals surface area contributed by atoms with E-state index in [1.165, 1.54) is 30.4 Å². The Morgan fingerprint density at radius 3 is 2.89 bits per heavy atom. The van der Waals surface area contributed by atoms with Crippen molar-refractivity contribution >= 4 is 11.6 Å². The summed E-state index contributed by atoms with van der Waals surface area (Å²) in [6.45, 7) is 5.32. The smallest absolute Gasteiger partial charge is 0.265 e. The van der Waals surface area contributed by atoms with Gasteiger partial charge in [0.1, 0.15) is 5.82 Å². The molecule has 1 atom stereocenters. The van der Waals surface area contributed by atoms with Crippen LogP contribution in [-0.4, -0.2) is 11.0 Å². The maximum Gasteiger partial charge on any atom is 0.265 e. The van der Waals surface area contributed by atoms with Crippen molar-refractivity contribution in [1.82, 2.24) is 0 Å². The van der Waals surface area contributed by atoms with E-state index in [4.69, 9.17) is 0 Å². The van der Waals surface area contributed by atoms with Crippen LogP contribution in [0.15, 0.2) is 54.7 Å². The lowest BCUT2D eigenvalue weighted by Gasteiger charge is -2.22. The highest BCUT2D eigenvalue weighted by molar-refractivity contribution is 6.07. The number of carbonyl (C=O) groups excluding carboxylic acids is 1. The summed E-state index contributed by atoms with van der Waals surface area (Å²) in [6, 6.07) is 4.22. The molecule has 0 saturated heterocycles. The van der Waals surface area contributed by atoms with E-state index in [0.29, 0.717) is 5.57 Å². The average molecular weight is 259 g/mol. The van der Waals surface area contributed by atoms with Crippen molar-refractivity contribution in [3.05, 3.63) is 66.0 Å². The van der Waals surface area contributed by atoms with E-state index in [0.717, 1.165) is 0 Å². The minimum Gasteiger partial charge on any atom is -0.372 e. The number of rotatable bonds is 3. The Balaban J connectivity index is 2.68. The summed E-state index contributed by atoms with van der Waals surface area (Å²) in [5.74, 6) is -1.24. The van der Waals surface area contributed by atoms with Crippen LogP contribution in [0, 0.1) is 5.82 Å². The zero-order valence-electron chi connectivity index (χ0n) is 10.5. The molecule has 1 aromatic carbocycles. The molecule has 1 heterocycles. The Kier molecular flexibility index (Phi) is 3.36. The number of nitrogens with one attached hydrogen (secondary N) is 1. The molecule has 4 heteroatoms. The maximum absolute atomic E-state index is 13.7. The molecule has 1 unspecified atom stereocenters. The molecular formula is C15H14FNO2. The Labute approximate surface area is 110 Å². The number of halogens is 1. The molecule has 0 fully saturated rings. The van der Waals surface area contributed by atoms with Crippen LogP contribution in [0.4, 0.5) is 10.1 Å². The van der Waals surface area contributed by atoms with Crippen molar-refractivity contribution in [1.29, 1.82) is 0 Å². The van der Waals surface area contributed by atoms with Gasteiger partial charge in [-0.05, 0) is 18.6 Å². The number of hydrogen-bond acceptors (Lipinski definition) is 2. The minimum absolute atomic E-state index is 0.0227. The standard InChI is InChI=1S/C15H14FNO2/c1-3-6-10(7-4-2)15(19)11-8-5-9-12(16)13(11)17-14(15)18/h3-9,19H,1H2,2H3,(H,17,18)/b7-4-,10-6+. The van der Waals surface area contributed by atoms with Gasteiger partial charge in [-0.1, -0.05) is 43.0 Å². The summed E-state index contributed by atoms with van der Waals surface area (Å²) in [4.78, 5) is 12.1. The van der Waals surface area contributed by atoms with Gasteiger partial charge in [-0.2, -0.15) is 0 Å². The van der Waals surface area contributed by atoms with E-state index in [1.807, 2.05) is 0 Å². The normalized spacial score (nSPS) is 22.5. The highest BCUT2D eigenvalue weighted by atomic mass is 19.1. The molecule has 1 aromatic rings. The van der Waals surface area contributed by atoms with E-state index in [2.05, 4.69) is 11.9 Å². The summed E-state index contributed by atoms with van der Waals surface area (Å²) in [6.07, 6.45) is 6.29. The number of para-hydroxylation sites is 1. The lowest BCUT2D eigenvalue weighted by molar-refractivity contribution is -0.129. The van der Waals surface area contributed by atoms with Crippen LogP contribution in [0.2, 0.25) is 0 Å². The van der Waals surface area contributed by atoms with Crippen LogP contribution in [0.1, 0.15) is 12.5 Å². The predicted octanol–water partition coefficient (Wildman–Crippen LogP) is 2.65. The molecule has 2 rings (SSSR count). The first-order chi connectivity index (χ1) is 9.05. The molecule has 0 bridgehead atoms. The van der Waals surface area contributed by atoms with Crippen molar-refractivity contribution in [2.45, 2.75) is 12.5 Å². The summed E-state index contributed by atoms with van der Waals surface area (Å²) in [5, 5.41) is 13.1. The fourth-order valence-electron chi connectivity index (χ4n) is 2.17. The van der Waals surface area contributed by atoms with Crippen molar-refractivity contribution in [2.75, 3.05) is 5.32 Å². The number of carbonyl (C=O) groups is 1. The molecule has 1 aliphatic heterocycles. The largest absolute Gasteiger partial charge is 0.372 e. The molecule has 0 aromatic heterocycles.